The molecule has 1 atom stereocenters. The first-order chi connectivity index (χ1) is 10.8. The van der Waals surface area contributed by atoms with Crippen LogP contribution in [0.25, 0.3) is 0 Å². The van der Waals surface area contributed by atoms with E-state index in [0.717, 1.165) is 25.3 Å². The minimum atomic E-state index is -0.0353. The predicted molar refractivity (Wildman–Crippen MR) is 86.2 cm³/mol. The highest BCUT2D eigenvalue weighted by Gasteiger charge is 2.21. The van der Waals surface area contributed by atoms with Crippen molar-refractivity contribution in [3.05, 3.63) is 65.7 Å². The van der Waals surface area contributed by atoms with E-state index in [9.17, 15) is 4.79 Å². The number of benzene rings is 2. The van der Waals surface area contributed by atoms with Crippen molar-refractivity contribution in [2.24, 2.45) is 0 Å². The maximum Gasteiger partial charge on any atom is 0.251 e. The zero-order valence-electron chi connectivity index (χ0n) is 12.4. The summed E-state index contributed by atoms with van der Waals surface area (Å²) in [6.45, 7) is 2.12. The summed E-state index contributed by atoms with van der Waals surface area (Å²) in [6.07, 6.45) is 1.13. The lowest BCUT2D eigenvalue weighted by Gasteiger charge is -2.12. The van der Waals surface area contributed by atoms with Gasteiger partial charge in [-0.25, -0.2) is 0 Å². The number of carbonyl (C=O) groups excluding carboxylic acids is 1. The number of ether oxygens (including phenoxy) is 1. The molecule has 0 spiro atoms. The van der Waals surface area contributed by atoms with Crippen LogP contribution in [0.4, 0.5) is 0 Å². The van der Waals surface area contributed by atoms with Gasteiger partial charge in [0.1, 0.15) is 11.9 Å². The molecule has 0 saturated carbocycles. The predicted octanol–water partition coefficient (Wildman–Crippen LogP) is 2.01. The first kappa shape index (κ1) is 14.6. The van der Waals surface area contributed by atoms with E-state index in [1.165, 1.54) is 5.56 Å². The minimum Gasteiger partial charge on any atom is -0.488 e. The molecule has 0 aromatic heterocycles. The Hall–Kier alpha value is -2.33. The van der Waals surface area contributed by atoms with E-state index in [-0.39, 0.29) is 12.0 Å². The lowest BCUT2D eigenvalue weighted by atomic mass is 10.1. The number of hydrogen-bond donors (Lipinski definition) is 2. The molecule has 2 aromatic carbocycles. The fourth-order valence-electron chi connectivity index (χ4n) is 2.59. The maximum absolute atomic E-state index is 11.8. The van der Waals surface area contributed by atoms with Crippen molar-refractivity contribution in [2.75, 3.05) is 19.6 Å². The standard InChI is InChI=1S/C18H20N2O2/c21-18(14-6-2-1-3-7-14)20-11-10-19-13-16-12-15-8-4-5-9-17(15)22-16/h1-9,16,19H,10-13H2,(H,20,21). The molecular weight excluding hydrogens is 276 g/mol. The van der Waals surface area contributed by atoms with E-state index < -0.39 is 0 Å². The van der Waals surface area contributed by atoms with Gasteiger partial charge in [0, 0.05) is 31.6 Å². The maximum atomic E-state index is 11.8. The van der Waals surface area contributed by atoms with Gasteiger partial charge < -0.3 is 15.4 Å². The minimum absolute atomic E-state index is 0.0353. The largest absolute Gasteiger partial charge is 0.488 e. The molecule has 1 aliphatic rings. The second kappa shape index (κ2) is 7.09. The number of nitrogens with one attached hydrogen (secondary N) is 2. The summed E-state index contributed by atoms with van der Waals surface area (Å²) >= 11 is 0. The smallest absolute Gasteiger partial charge is 0.251 e. The molecule has 0 bridgehead atoms. The summed E-state index contributed by atoms with van der Waals surface area (Å²) in [5, 5.41) is 6.23. The van der Waals surface area contributed by atoms with Gasteiger partial charge in [0.05, 0.1) is 0 Å². The normalized spacial score (nSPS) is 15.9. The Bertz CT molecular complexity index is 603. The van der Waals surface area contributed by atoms with E-state index in [1.807, 2.05) is 48.5 Å². The molecule has 1 aliphatic heterocycles. The SMILES string of the molecule is O=C(NCCNCC1Cc2ccccc2O1)c1ccccc1. The highest BCUT2D eigenvalue weighted by molar-refractivity contribution is 5.94. The third kappa shape index (κ3) is 3.65. The van der Waals surface area contributed by atoms with E-state index >= 15 is 0 Å². The molecule has 2 N–H and O–H groups in total. The van der Waals surface area contributed by atoms with Crippen LogP contribution in [0.15, 0.2) is 54.6 Å². The van der Waals surface area contributed by atoms with E-state index in [2.05, 4.69) is 16.7 Å². The summed E-state index contributed by atoms with van der Waals surface area (Å²) in [5.74, 6) is 0.957. The molecule has 114 valence electrons. The highest BCUT2D eigenvalue weighted by atomic mass is 16.5. The van der Waals surface area contributed by atoms with Crippen molar-refractivity contribution in [2.45, 2.75) is 12.5 Å². The summed E-state index contributed by atoms with van der Waals surface area (Å²) in [5.41, 5.74) is 1.96. The van der Waals surface area contributed by atoms with Crippen LogP contribution in [0, 0.1) is 0 Å². The number of fused-ring (bicyclic) bond motifs is 1. The van der Waals surface area contributed by atoms with Gasteiger partial charge in [-0.15, -0.1) is 0 Å². The fourth-order valence-corrected chi connectivity index (χ4v) is 2.59. The van der Waals surface area contributed by atoms with Crippen molar-refractivity contribution < 1.29 is 9.53 Å². The van der Waals surface area contributed by atoms with Crippen molar-refractivity contribution in [3.63, 3.8) is 0 Å². The average molecular weight is 296 g/mol. The van der Waals surface area contributed by atoms with Gasteiger partial charge in [-0.2, -0.15) is 0 Å². The quantitative estimate of drug-likeness (QED) is 0.802. The Kier molecular flexibility index (Phi) is 4.71. The van der Waals surface area contributed by atoms with Crippen LogP contribution in [0.2, 0.25) is 0 Å². The summed E-state index contributed by atoms with van der Waals surface area (Å²) < 4.78 is 5.85. The first-order valence-electron chi connectivity index (χ1n) is 7.61. The molecule has 0 radical (unpaired) electrons. The van der Waals surface area contributed by atoms with Gasteiger partial charge in [0.15, 0.2) is 0 Å². The highest BCUT2D eigenvalue weighted by Crippen LogP contribution is 2.27. The molecule has 4 heteroatoms. The Morgan fingerprint density at radius 2 is 1.82 bits per heavy atom. The monoisotopic (exact) mass is 296 g/mol. The van der Waals surface area contributed by atoms with Crippen molar-refractivity contribution in [1.29, 1.82) is 0 Å². The second-order valence-electron chi connectivity index (χ2n) is 5.38. The van der Waals surface area contributed by atoms with Crippen LogP contribution in [0.3, 0.4) is 0 Å². The van der Waals surface area contributed by atoms with Gasteiger partial charge in [-0.05, 0) is 23.8 Å². The fraction of sp³-hybridized carbons (Fsp3) is 0.278. The molecule has 1 heterocycles. The Morgan fingerprint density at radius 1 is 1.05 bits per heavy atom. The van der Waals surface area contributed by atoms with Gasteiger partial charge >= 0.3 is 0 Å². The topological polar surface area (TPSA) is 50.4 Å². The Labute approximate surface area is 130 Å². The molecule has 1 unspecified atom stereocenters. The van der Waals surface area contributed by atoms with E-state index in [0.29, 0.717) is 12.1 Å². The average Bonchev–Trinajstić information content (AvgIpc) is 2.98. The molecule has 0 aliphatic carbocycles. The van der Waals surface area contributed by atoms with Crippen LogP contribution >= 0.6 is 0 Å². The van der Waals surface area contributed by atoms with E-state index in [4.69, 9.17) is 4.74 Å². The molecule has 22 heavy (non-hydrogen) atoms. The number of carbonyl (C=O) groups is 1. The molecule has 1 amide bonds. The zero-order chi connectivity index (χ0) is 15.2. The summed E-state index contributed by atoms with van der Waals surface area (Å²) in [6, 6.07) is 17.4. The Balaban J connectivity index is 1.33. The van der Waals surface area contributed by atoms with Crippen LogP contribution in [-0.4, -0.2) is 31.6 Å². The van der Waals surface area contributed by atoms with Crippen molar-refractivity contribution in [3.8, 4) is 5.75 Å². The van der Waals surface area contributed by atoms with Gasteiger partial charge in [-0.1, -0.05) is 36.4 Å². The number of amides is 1. The van der Waals surface area contributed by atoms with Gasteiger partial charge in [0.25, 0.3) is 5.91 Å². The zero-order valence-corrected chi connectivity index (χ0v) is 12.4. The summed E-state index contributed by atoms with van der Waals surface area (Å²) in [4.78, 5) is 11.8. The van der Waals surface area contributed by atoms with Crippen molar-refractivity contribution in [1.82, 2.24) is 10.6 Å². The van der Waals surface area contributed by atoms with E-state index in [1.54, 1.807) is 0 Å². The second-order valence-corrected chi connectivity index (χ2v) is 5.38. The van der Waals surface area contributed by atoms with Crippen LogP contribution in [-0.2, 0) is 6.42 Å². The van der Waals surface area contributed by atoms with Crippen molar-refractivity contribution >= 4 is 5.91 Å². The molecule has 2 aromatic rings. The van der Waals surface area contributed by atoms with Gasteiger partial charge in [-0.3, -0.25) is 4.79 Å². The third-order valence-corrected chi connectivity index (χ3v) is 3.71. The molecule has 0 saturated heterocycles. The third-order valence-electron chi connectivity index (χ3n) is 3.71. The first-order valence-corrected chi connectivity index (χ1v) is 7.61. The number of rotatable bonds is 6. The molecule has 0 fully saturated rings. The van der Waals surface area contributed by atoms with Crippen LogP contribution in [0.1, 0.15) is 15.9 Å². The lowest BCUT2D eigenvalue weighted by Crippen LogP contribution is -2.36. The van der Waals surface area contributed by atoms with Crippen LogP contribution < -0.4 is 15.4 Å². The Morgan fingerprint density at radius 3 is 2.64 bits per heavy atom. The summed E-state index contributed by atoms with van der Waals surface area (Å²) in [7, 11) is 0. The van der Waals surface area contributed by atoms with Gasteiger partial charge in [0.2, 0.25) is 0 Å². The molecular formula is C18H20N2O2. The number of para-hydroxylation sites is 1. The number of hydrogen-bond acceptors (Lipinski definition) is 3. The molecule has 4 nitrogen and oxygen atoms in total. The molecule has 3 rings (SSSR count). The van der Waals surface area contributed by atoms with Crippen LogP contribution in [0.5, 0.6) is 5.75 Å². The lowest BCUT2D eigenvalue weighted by molar-refractivity contribution is 0.0953.